The number of hydrogen-bond acceptors (Lipinski definition) is 3. The van der Waals surface area contributed by atoms with Crippen LogP contribution < -0.4 is 11.1 Å². The van der Waals surface area contributed by atoms with Crippen molar-refractivity contribution in [2.75, 3.05) is 6.61 Å². The van der Waals surface area contributed by atoms with E-state index in [9.17, 15) is 0 Å². The molecule has 0 fully saturated rings. The van der Waals surface area contributed by atoms with E-state index in [1.54, 1.807) is 6.26 Å². The maximum absolute atomic E-state index is 5.70. The Hall–Kier alpha value is -0.700. The maximum Gasteiger partial charge on any atom is 0.121 e. The molecule has 0 spiro atoms. The Bertz CT molecular complexity index is 164. The molecule has 0 amide bonds. The predicted molar refractivity (Wildman–Crippen MR) is 49.2 cm³/mol. The molecule has 1 unspecified atom stereocenters. The van der Waals surface area contributed by atoms with Crippen molar-refractivity contribution in [1.29, 1.82) is 0 Å². The summed E-state index contributed by atoms with van der Waals surface area (Å²) in [5.74, 6) is 0.566. The van der Waals surface area contributed by atoms with Gasteiger partial charge in [-0.2, -0.15) is 0 Å². The molecule has 1 atom stereocenters. The summed E-state index contributed by atoms with van der Waals surface area (Å²) in [5, 5.41) is 3.23. The third-order valence-electron chi connectivity index (χ3n) is 2.26. The first-order chi connectivity index (χ1) is 5.77. The highest BCUT2D eigenvalue weighted by atomic mass is 16.5. The molecule has 0 aromatic heterocycles. The van der Waals surface area contributed by atoms with Gasteiger partial charge in [-0.25, -0.2) is 0 Å². The van der Waals surface area contributed by atoms with Crippen molar-refractivity contribution in [3.05, 3.63) is 12.0 Å². The summed E-state index contributed by atoms with van der Waals surface area (Å²) in [4.78, 5) is 0. The average molecular weight is 170 g/mol. The fourth-order valence-electron chi connectivity index (χ4n) is 1.47. The fourth-order valence-corrected chi connectivity index (χ4v) is 1.47. The second kappa shape index (κ2) is 4.36. The van der Waals surface area contributed by atoms with Crippen LogP contribution in [0.5, 0.6) is 0 Å². The van der Waals surface area contributed by atoms with Gasteiger partial charge in [-0.1, -0.05) is 13.8 Å². The summed E-state index contributed by atoms with van der Waals surface area (Å²) in [6.45, 7) is 4.93. The van der Waals surface area contributed by atoms with Gasteiger partial charge in [0, 0.05) is 5.92 Å². The van der Waals surface area contributed by atoms with Crippen molar-refractivity contribution in [2.24, 2.45) is 11.7 Å². The lowest BCUT2D eigenvalue weighted by atomic mass is 9.99. The van der Waals surface area contributed by atoms with Crippen LogP contribution in [0.1, 0.15) is 26.7 Å². The number of nitrogens with one attached hydrogen (secondary N) is 1. The van der Waals surface area contributed by atoms with Gasteiger partial charge in [-0.05, 0) is 12.8 Å². The first-order valence-electron chi connectivity index (χ1n) is 4.61. The first kappa shape index (κ1) is 9.39. The normalized spacial score (nSPS) is 23.0. The second-order valence-corrected chi connectivity index (χ2v) is 3.17. The van der Waals surface area contributed by atoms with Crippen molar-refractivity contribution in [2.45, 2.75) is 32.9 Å². The quantitative estimate of drug-likeness (QED) is 0.668. The van der Waals surface area contributed by atoms with E-state index in [1.165, 1.54) is 0 Å². The zero-order valence-corrected chi connectivity index (χ0v) is 7.84. The van der Waals surface area contributed by atoms with Crippen molar-refractivity contribution in [3.8, 4) is 0 Å². The molecule has 1 heterocycles. The third kappa shape index (κ3) is 2.14. The van der Waals surface area contributed by atoms with Crippen LogP contribution in [0, 0.1) is 5.92 Å². The van der Waals surface area contributed by atoms with Crippen LogP contribution in [0.3, 0.4) is 0 Å². The molecule has 3 heteroatoms. The molecule has 0 aliphatic carbocycles. The van der Waals surface area contributed by atoms with Crippen LogP contribution >= 0.6 is 0 Å². The Morgan fingerprint density at radius 3 is 2.83 bits per heavy atom. The number of rotatable bonds is 3. The van der Waals surface area contributed by atoms with Gasteiger partial charge >= 0.3 is 0 Å². The number of allylic oxidation sites excluding steroid dienone is 1. The maximum atomic E-state index is 5.70. The topological polar surface area (TPSA) is 47.3 Å². The van der Waals surface area contributed by atoms with E-state index >= 15 is 0 Å². The summed E-state index contributed by atoms with van der Waals surface area (Å²) < 4.78 is 5.23. The van der Waals surface area contributed by atoms with Crippen LogP contribution in [0.4, 0.5) is 0 Å². The zero-order valence-electron chi connectivity index (χ0n) is 7.84. The molecule has 3 nitrogen and oxygen atoms in total. The molecule has 1 aliphatic rings. The third-order valence-corrected chi connectivity index (χ3v) is 2.26. The highest BCUT2D eigenvalue weighted by Gasteiger charge is 2.16. The van der Waals surface area contributed by atoms with Gasteiger partial charge in [0.2, 0.25) is 0 Å². The largest absolute Gasteiger partial charge is 0.496 e. The lowest BCUT2D eigenvalue weighted by Gasteiger charge is -2.26. The van der Waals surface area contributed by atoms with Crippen molar-refractivity contribution in [1.82, 2.24) is 5.32 Å². The van der Waals surface area contributed by atoms with Gasteiger partial charge in [-0.3, -0.25) is 0 Å². The Labute approximate surface area is 74.0 Å². The van der Waals surface area contributed by atoms with Gasteiger partial charge in [0.1, 0.15) is 19.0 Å². The molecule has 3 N–H and O–H groups in total. The Kier molecular flexibility index (Phi) is 3.41. The molecule has 12 heavy (non-hydrogen) atoms. The SMILES string of the molecule is CCC(CC)C1=COCC(N)N1. The summed E-state index contributed by atoms with van der Waals surface area (Å²) in [6, 6.07) is 0. The van der Waals surface area contributed by atoms with Gasteiger partial charge in [-0.15, -0.1) is 0 Å². The van der Waals surface area contributed by atoms with E-state index in [1.807, 2.05) is 0 Å². The second-order valence-electron chi connectivity index (χ2n) is 3.17. The van der Waals surface area contributed by atoms with E-state index in [-0.39, 0.29) is 6.17 Å². The molecule has 0 aromatic rings. The zero-order chi connectivity index (χ0) is 8.97. The minimum atomic E-state index is -0.0365. The molecular formula is C9H18N2O. The standard InChI is InChI=1S/C9H18N2O/c1-3-7(4-2)8-5-12-6-9(10)11-8/h5,7,9,11H,3-4,6,10H2,1-2H3. The lowest BCUT2D eigenvalue weighted by molar-refractivity contribution is 0.181. The van der Waals surface area contributed by atoms with Gasteiger partial charge in [0.15, 0.2) is 0 Å². The molecule has 0 bridgehead atoms. The fraction of sp³-hybridized carbons (Fsp3) is 0.778. The predicted octanol–water partition coefficient (Wildman–Crippen LogP) is 1.17. The van der Waals surface area contributed by atoms with E-state index in [0.29, 0.717) is 12.5 Å². The smallest absolute Gasteiger partial charge is 0.121 e. The molecule has 1 aliphatic heterocycles. The number of ether oxygens (including phenoxy) is 1. The van der Waals surface area contributed by atoms with Crippen LogP contribution in [-0.2, 0) is 4.74 Å². The van der Waals surface area contributed by atoms with E-state index in [0.717, 1.165) is 18.5 Å². The summed E-state index contributed by atoms with van der Waals surface area (Å²) in [5.41, 5.74) is 6.85. The lowest BCUT2D eigenvalue weighted by Crippen LogP contribution is -2.44. The highest BCUT2D eigenvalue weighted by Crippen LogP contribution is 2.18. The minimum Gasteiger partial charge on any atom is -0.496 e. The van der Waals surface area contributed by atoms with Gasteiger partial charge in [0.25, 0.3) is 0 Å². The van der Waals surface area contributed by atoms with Crippen LogP contribution in [0.2, 0.25) is 0 Å². The van der Waals surface area contributed by atoms with Crippen molar-refractivity contribution < 1.29 is 4.74 Å². The molecule has 0 aromatic carbocycles. The molecule has 0 radical (unpaired) electrons. The van der Waals surface area contributed by atoms with Crippen molar-refractivity contribution in [3.63, 3.8) is 0 Å². The molecular weight excluding hydrogens is 152 g/mol. The monoisotopic (exact) mass is 170 g/mol. The molecule has 0 saturated heterocycles. The van der Waals surface area contributed by atoms with E-state index in [2.05, 4.69) is 19.2 Å². The first-order valence-corrected chi connectivity index (χ1v) is 4.61. The van der Waals surface area contributed by atoms with Crippen LogP contribution in [-0.4, -0.2) is 12.8 Å². The molecule has 70 valence electrons. The van der Waals surface area contributed by atoms with Crippen molar-refractivity contribution >= 4 is 0 Å². The summed E-state index contributed by atoms with van der Waals surface area (Å²) in [7, 11) is 0. The summed E-state index contributed by atoms with van der Waals surface area (Å²) in [6.07, 6.45) is 4.03. The van der Waals surface area contributed by atoms with Crippen LogP contribution in [0.15, 0.2) is 12.0 Å². The molecule has 1 rings (SSSR count). The average Bonchev–Trinajstić information content (AvgIpc) is 2.07. The minimum absolute atomic E-state index is 0.0365. The molecule has 0 saturated carbocycles. The Morgan fingerprint density at radius 2 is 2.33 bits per heavy atom. The Balaban J connectivity index is 2.54. The van der Waals surface area contributed by atoms with E-state index in [4.69, 9.17) is 10.5 Å². The highest BCUT2D eigenvalue weighted by molar-refractivity contribution is 5.04. The van der Waals surface area contributed by atoms with Crippen LogP contribution in [0.25, 0.3) is 0 Å². The number of nitrogens with two attached hydrogens (primary N) is 1. The van der Waals surface area contributed by atoms with E-state index < -0.39 is 0 Å². The number of hydrogen-bond donors (Lipinski definition) is 2. The van der Waals surface area contributed by atoms with Gasteiger partial charge < -0.3 is 15.8 Å². The Morgan fingerprint density at radius 1 is 1.67 bits per heavy atom. The summed E-state index contributed by atoms with van der Waals surface area (Å²) >= 11 is 0. The van der Waals surface area contributed by atoms with Gasteiger partial charge in [0.05, 0.1) is 5.70 Å².